The molecule has 0 radical (unpaired) electrons. The molecule has 1 aromatic carbocycles. The minimum Gasteiger partial charge on any atom is -0.478 e. The molecule has 3 unspecified atom stereocenters. The Bertz CT molecular complexity index is 713. The molecule has 1 aromatic heterocycles. The molecule has 2 saturated carbocycles. The van der Waals surface area contributed by atoms with Crippen molar-refractivity contribution in [3.05, 3.63) is 36.0 Å². The summed E-state index contributed by atoms with van der Waals surface area (Å²) in [5.41, 5.74) is 0.268. The zero-order valence-electron chi connectivity index (χ0n) is 11.7. The van der Waals surface area contributed by atoms with Crippen molar-refractivity contribution in [1.82, 2.24) is 4.98 Å². The minimum absolute atomic E-state index is 0.268. The minimum atomic E-state index is -0.926. The van der Waals surface area contributed by atoms with Crippen LogP contribution in [0.5, 0.6) is 0 Å². The van der Waals surface area contributed by atoms with Crippen molar-refractivity contribution in [2.45, 2.75) is 31.7 Å². The molecule has 1 heterocycles. The third-order valence-electron chi connectivity index (χ3n) is 5.09. The molecule has 21 heavy (non-hydrogen) atoms. The summed E-state index contributed by atoms with van der Waals surface area (Å²) >= 11 is 0. The number of carboxylic acid groups (broad SMARTS) is 1. The van der Waals surface area contributed by atoms with Gasteiger partial charge in [0, 0.05) is 23.0 Å². The van der Waals surface area contributed by atoms with E-state index in [1.807, 2.05) is 24.3 Å². The molecule has 2 fully saturated rings. The van der Waals surface area contributed by atoms with Crippen LogP contribution in [0.2, 0.25) is 0 Å². The van der Waals surface area contributed by atoms with E-state index in [2.05, 4.69) is 10.3 Å². The van der Waals surface area contributed by atoms with Crippen LogP contribution in [0.15, 0.2) is 30.5 Å². The van der Waals surface area contributed by atoms with Crippen LogP contribution in [-0.4, -0.2) is 22.1 Å². The summed E-state index contributed by atoms with van der Waals surface area (Å²) in [6, 6.07) is 8.10. The van der Waals surface area contributed by atoms with Crippen molar-refractivity contribution in [3.8, 4) is 0 Å². The summed E-state index contributed by atoms with van der Waals surface area (Å²) in [5.74, 6) is 1.53. The van der Waals surface area contributed by atoms with Crippen LogP contribution >= 0.6 is 0 Å². The zero-order valence-corrected chi connectivity index (χ0v) is 11.7. The first-order chi connectivity index (χ1) is 10.2. The molecule has 4 rings (SSSR count). The van der Waals surface area contributed by atoms with Gasteiger partial charge in [0.15, 0.2) is 0 Å². The fraction of sp³-hybridized carbons (Fsp3) is 0.412. The number of hydrogen-bond donors (Lipinski definition) is 2. The third-order valence-corrected chi connectivity index (χ3v) is 5.09. The number of nitrogens with zero attached hydrogens (tertiary/aromatic N) is 1. The number of nitrogens with one attached hydrogen (secondary N) is 1. The maximum Gasteiger partial charge on any atom is 0.337 e. The zero-order chi connectivity index (χ0) is 14.4. The lowest BCUT2D eigenvalue weighted by atomic mass is 9.95. The first-order valence-electron chi connectivity index (χ1n) is 7.60. The van der Waals surface area contributed by atoms with E-state index < -0.39 is 5.97 Å². The van der Waals surface area contributed by atoms with Gasteiger partial charge in [0.25, 0.3) is 0 Å². The maximum atomic E-state index is 11.3. The van der Waals surface area contributed by atoms with Crippen LogP contribution in [0.3, 0.4) is 0 Å². The molecular formula is C17H18N2O2. The standard InChI is InChI=1S/C17H18N2O2/c20-17(21)14-9-18-16(13-4-2-1-3-12(13)14)19-15-8-10-5-6-11(15)7-10/h1-4,9-11,15H,5-8H2,(H,18,19)(H,20,21). The van der Waals surface area contributed by atoms with Gasteiger partial charge < -0.3 is 10.4 Å². The van der Waals surface area contributed by atoms with Gasteiger partial charge in [-0.2, -0.15) is 0 Å². The molecule has 0 aliphatic heterocycles. The van der Waals surface area contributed by atoms with Gasteiger partial charge >= 0.3 is 5.97 Å². The van der Waals surface area contributed by atoms with E-state index in [0.29, 0.717) is 6.04 Å². The summed E-state index contributed by atoms with van der Waals surface area (Å²) in [6.45, 7) is 0. The van der Waals surface area contributed by atoms with Gasteiger partial charge in [0.2, 0.25) is 0 Å². The number of carbonyl (C=O) groups is 1. The molecule has 3 atom stereocenters. The summed E-state index contributed by atoms with van der Waals surface area (Å²) in [6.07, 6.45) is 6.72. The fourth-order valence-corrected chi connectivity index (χ4v) is 4.08. The van der Waals surface area contributed by atoms with E-state index in [1.54, 1.807) is 0 Å². The SMILES string of the molecule is O=C(O)c1cnc(NC2CC3CCC2C3)c2ccccc12. The first-order valence-corrected chi connectivity index (χ1v) is 7.60. The number of aromatic carboxylic acids is 1. The average molecular weight is 282 g/mol. The third kappa shape index (κ3) is 2.06. The van der Waals surface area contributed by atoms with E-state index in [4.69, 9.17) is 0 Å². The Hall–Kier alpha value is -2.10. The van der Waals surface area contributed by atoms with Gasteiger partial charge in [0.05, 0.1) is 5.56 Å². The van der Waals surface area contributed by atoms with E-state index in [9.17, 15) is 9.90 Å². The quantitative estimate of drug-likeness (QED) is 0.904. The summed E-state index contributed by atoms with van der Waals surface area (Å²) in [7, 11) is 0. The Morgan fingerprint density at radius 1 is 1.19 bits per heavy atom. The second-order valence-electron chi connectivity index (χ2n) is 6.30. The topological polar surface area (TPSA) is 62.2 Å². The Morgan fingerprint density at radius 2 is 2.00 bits per heavy atom. The van der Waals surface area contributed by atoms with Gasteiger partial charge in [-0.25, -0.2) is 9.78 Å². The lowest BCUT2D eigenvalue weighted by molar-refractivity contribution is 0.0698. The Labute approximate surface area is 123 Å². The predicted molar refractivity (Wildman–Crippen MR) is 81.6 cm³/mol. The molecule has 0 saturated heterocycles. The second kappa shape index (κ2) is 4.72. The largest absolute Gasteiger partial charge is 0.478 e. The van der Waals surface area contributed by atoms with Gasteiger partial charge in [-0.3, -0.25) is 0 Å². The number of aromatic nitrogens is 1. The number of benzene rings is 1. The van der Waals surface area contributed by atoms with Crippen LogP contribution in [-0.2, 0) is 0 Å². The molecule has 2 aliphatic carbocycles. The molecule has 0 amide bonds. The number of carboxylic acids is 1. The van der Waals surface area contributed by atoms with Crippen molar-refractivity contribution in [2.75, 3.05) is 5.32 Å². The highest BCUT2D eigenvalue weighted by molar-refractivity contribution is 6.06. The number of hydrogen-bond acceptors (Lipinski definition) is 3. The number of pyridine rings is 1. The molecule has 2 aliphatic rings. The van der Waals surface area contributed by atoms with Crippen molar-refractivity contribution in [1.29, 1.82) is 0 Å². The lowest BCUT2D eigenvalue weighted by Gasteiger charge is -2.24. The monoisotopic (exact) mass is 282 g/mol. The molecule has 108 valence electrons. The van der Waals surface area contributed by atoms with Crippen molar-refractivity contribution >= 4 is 22.6 Å². The Morgan fingerprint density at radius 3 is 2.67 bits per heavy atom. The predicted octanol–water partition coefficient (Wildman–Crippen LogP) is 3.53. The Kier molecular flexibility index (Phi) is 2.84. The van der Waals surface area contributed by atoms with Crippen LogP contribution in [0, 0.1) is 11.8 Å². The number of rotatable bonds is 3. The van der Waals surface area contributed by atoms with Gasteiger partial charge in [0.1, 0.15) is 5.82 Å². The lowest BCUT2D eigenvalue weighted by Crippen LogP contribution is -2.26. The molecule has 0 spiro atoms. The Balaban J connectivity index is 1.72. The normalized spacial score (nSPS) is 27.1. The average Bonchev–Trinajstić information content (AvgIpc) is 3.10. The summed E-state index contributed by atoms with van der Waals surface area (Å²) < 4.78 is 0. The van der Waals surface area contributed by atoms with Gasteiger partial charge in [-0.15, -0.1) is 0 Å². The van der Waals surface area contributed by atoms with Crippen LogP contribution in [0.4, 0.5) is 5.82 Å². The van der Waals surface area contributed by atoms with Gasteiger partial charge in [-0.1, -0.05) is 30.7 Å². The molecule has 4 nitrogen and oxygen atoms in total. The molecule has 2 bridgehead atoms. The highest BCUT2D eigenvalue weighted by atomic mass is 16.4. The second-order valence-corrected chi connectivity index (χ2v) is 6.30. The highest BCUT2D eigenvalue weighted by Crippen LogP contribution is 2.45. The molecule has 4 heteroatoms. The van der Waals surface area contributed by atoms with E-state index in [-0.39, 0.29) is 5.56 Å². The van der Waals surface area contributed by atoms with Crippen LogP contribution < -0.4 is 5.32 Å². The van der Waals surface area contributed by atoms with Crippen molar-refractivity contribution in [2.24, 2.45) is 11.8 Å². The smallest absolute Gasteiger partial charge is 0.337 e. The first kappa shape index (κ1) is 12.6. The molecule has 2 aromatic rings. The van der Waals surface area contributed by atoms with E-state index >= 15 is 0 Å². The maximum absolute atomic E-state index is 11.3. The van der Waals surface area contributed by atoms with Crippen LogP contribution in [0.1, 0.15) is 36.0 Å². The number of fused-ring (bicyclic) bond motifs is 3. The summed E-state index contributed by atoms with van der Waals surface area (Å²) in [5, 5.41) is 14.5. The van der Waals surface area contributed by atoms with Crippen LogP contribution in [0.25, 0.3) is 10.8 Å². The van der Waals surface area contributed by atoms with E-state index in [1.165, 1.54) is 31.9 Å². The summed E-state index contributed by atoms with van der Waals surface area (Å²) in [4.78, 5) is 15.7. The van der Waals surface area contributed by atoms with Gasteiger partial charge in [-0.05, 0) is 31.1 Å². The highest BCUT2D eigenvalue weighted by Gasteiger charge is 2.39. The number of anilines is 1. The molecule has 2 N–H and O–H groups in total. The van der Waals surface area contributed by atoms with Crippen molar-refractivity contribution in [3.63, 3.8) is 0 Å². The van der Waals surface area contributed by atoms with Crippen molar-refractivity contribution < 1.29 is 9.90 Å². The molecular weight excluding hydrogens is 264 g/mol. The fourth-order valence-electron chi connectivity index (χ4n) is 4.08. The van der Waals surface area contributed by atoms with E-state index in [0.717, 1.165) is 28.4 Å².